The van der Waals surface area contributed by atoms with Gasteiger partial charge in [0.2, 0.25) is 11.6 Å². The average molecular weight is 345 g/mol. The molecule has 0 saturated carbocycles. The second-order valence-electron chi connectivity index (χ2n) is 4.65. The number of carbonyl (C=O) groups is 3. The van der Waals surface area contributed by atoms with Gasteiger partial charge in [-0.1, -0.05) is 30.3 Å². The number of Topliss-reactive ketones (excluding diaryl/α,β-unsaturated/α-hetero) is 2. The number of ketones is 3. The third-order valence-electron chi connectivity index (χ3n) is 3.37. The molecule has 0 atom stereocenters. The zero-order chi connectivity index (χ0) is 15.1. The fraction of sp³-hybridized carbons (Fsp3) is 0.0625. The number of hydrogen-bond donors (Lipinski definition) is 0. The maximum absolute atomic E-state index is 12.5. The molecule has 0 aliphatic heterocycles. The molecule has 0 amide bonds. The summed E-state index contributed by atoms with van der Waals surface area (Å²) in [6.07, 6.45) is 1.23. The molecule has 4 nitrogen and oxygen atoms in total. The molecule has 0 radical (unpaired) electrons. The van der Waals surface area contributed by atoms with Crippen molar-refractivity contribution in [2.45, 2.75) is 6.92 Å². The molecule has 0 fully saturated rings. The first-order chi connectivity index (χ1) is 10.0. The molecule has 1 aliphatic rings. The van der Waals surface area contributed by atoms with Crippen molar-refractivity contribution >= 4 is 37.8 Å². The molecule has 1 aromatic heterocycles. The minimum atomic E-state index is -0.710. The zero-order valence-corrected chi connectivity index (χ0v) is 12.6. The van der Waals surface area contributed by atoms with E-state index in [9.17, 15) is 14.4 Å². The van der Waals surface area contributed by atoms with Crippen LogP contribution in [0.2, 0.25) is 0 Å². The van der Waals surface area contributed by atoms with Gasteiger partial charge in [-0.05, 0) is 22.9 Å². The molecule has 0 saturated heterocycles. The van der Waals surface area contributed by atoms with Crippen LogP contribution in [-0.2, 0) is 4.79 Å². The van der Waals surface area contributed by atoms with Crippen LogP contribution in [0.15, 0.2) is 46.6 Å². The first kappa shape index (κ1) is 13.7. The molecule has 0 bridgehead atoms. The van der Waals surface area contributed by atoms with Crippen LogP contribution >= 0.6 is 15.9 Å². The van der Waals surface area contributed by atoms with Gasteiger partial charge < -0.3 is 4.42 Å². The molecule has 2 aromatic rings. The molecule has 1 aliphatic carbocycles. The van der Waals surface area contributed by atoms with E-state index in [0.717, 1.165) is 0 Å². The van der Waals surface area contributed by atoms with E-state index in [0.29, 0.717) is 10.0 Å². The Bertz CT molecular complexity index is 812. The largest absolute Gasteiger partial charge is 0.462 e. The minimum Gasteiger partial charge on any atom is -0.462 e. The lowest BCUT2D eigenvalue weighted by molar-refractivity contribution is -0.111. The maximum Gasteiger partial charge on any atom is 0.237 e. The molecular weight excluding hydrogens is 336 g/mol. The lowest BCUT2D eigenvalue weighted by atomic mass is 9.91. The lowest BCUT2D eigenvalue weighted by Crippen LogP contribution is -2.22. The smallest absolute Gasteiger partial charge is 0.237 e. The van der Waals surface area contributed by atoms with Crippen molar-refractivity contribution in [3.8, 4) is 0 Å². The number of halogens is 1. The highest BCUT2D eigenvalue weighted by Crippen LogP contribution is 2.37. The van der Waals surface area contributed by atoms with E-state index in [1.165, 1.54) is 13.2 Å². The van der Waals surface area contributed by atoms with Gasteiger partial charge in [0, 0.05) is 11.1 Å². The van der Waals surface area contributed by atoms with E-state index in [1.54, 1.807) is 30.3 Å². The predicted molar refractivity (Wildman–Crippen MR) is 79.4 cm³/mol. The standard InChI is InChI=1S/C16H9BrO4/c1-8-12(17)16-11(15(20)13(8)18)10(7-21-16)14(19)9-5-3-2-4-6-9/h2-7H,1H3. The van der Waals surface area contributed by atoms with Crippen LogP contribution in [0, 0.1) is 0 Å². The summed E-state index contributed by atoms with van der Waals surface area (Å²) < 4.78 is 5.74. The number of carbonyl (C=O) groups excluding carboxylic acids is 3. The average Bonchev–Trinajstić information content (AvgIpc) is 2.96. The van der Waals surface area contributed by atoms with Crippen molar-refractivity contribution in [3.63, 3.8) is 0 Å². The predicted octanol–water partition coefficient (Wildman–Crippen LogP) is 3.40. The van der Waals surface area contributed by atoms with E-state index in [2.05, 4.69) is 15.9 Å². The van der Waals surface area contributed by atoms with Crippen LogP contribution in [0.3, 0.4) is 0 Å². The van der Waals surface area contributed by atoms with Gasteiger partial charge in [-0.15, -0.1) is 0 Å². The highest BCUT2D eigenvalue weighted by molar-refractivity contribution is 9.15. The van der Waals surface area contributed by atoms with Crippen LogP contribution in [-0.4, -0.2) is 17.3 Å². The fourth-order valence-electron chi connectivity index (χ4n) is 2.21. The van der Waals surface area contributed by atoms with Gasteiger partial charge in [0.05, 0.1) is 15.6 Å². The third-order valence-corrected chi connectivity index (χ3v) is 4.33. The van der Waals surface area contributed by atoms with Gasteiger partial charge >= 0.3 is 0 Å². The Labute approximate surface area is 128 Å². The summed E-state index contributed by atoms with van der Waals surface area (Å²) in [7, 11) is 0. The first-order valence-electron chi connectivity index (χ1n) is 6.19. The molecule has 104 valence electrons. The molecule has 1 heterocycles. The summed E-state index contributed by atoms with van der Waals surface area (Å²) in [6.45, 7) is 1.54. The molecule has 0 spiro atoms. The summed E-state index contributed by atoms with van der Waals surface area (Å²) in [5.41, 5.74) is 0.856. The monoisotopic (exact) mass is 344 g/mol. The Hall–Kier alpha value is -2.27. The summed E-state index contributed by atoms with van der Waals surface area (Å²) in [5.74, 6) is -1.45. The quantitative estimate of drug-likeness (QED) is 0.618. The Morgan fingerprint density at radius 1 is 1.10 bits per heavy atom. The van der Waals surface area contributed by atoms with Gasteiger partial charge in [-0.3, -0.25) is 14.4 Å². The van der Waals surface area contributed by atoms with Gasteiger partial charge in [0.15, 0.2) is 11.5 Å². The second kappa shape index (κ2) is 4.93. The summed E-state index contributed by atoms with van der Waals surface area (Å²) in [6, 6.07) is 8.54. The topological polar surface area (TPSA) is 64.3 Å². The zero-order valence-electron chi connectivity index (χ0n) is 11.0. The number of allylic oxidation sites excluding steroid dienone is 1. The molecule has 5 heteroatoms. The van der Waals surface area contributed by atoms with E-state index in [-0.39, 0.29) is 28.2 Å². The second-order valence-corrected chi connectivity index (χ2v) is 5.44. The molecular formula is C16H9BrO4. The third kappa shape index (κ3) is 2.01. The number of rotatable bonds is 2. The van der Waals surface area contributed by atoms with Crippen molar-refractivity contribution in [1.29, 1.82) is 0 Å². The highest BCUT2D eigenvalue weighted by atomic mass is 79.9. The van der Waals surface area contributed by atoms with Crippen LogP contribution < -0.4 is 0 Å². The van der Waals surface area contributed by atoms with Crippen molar-refractivity contribution in [1.82, 2.24) is 0 Å². The molecule has 0 N–H and O–H groups in total. The van der Waals surface area contributed by atoms with Gasteiger partial charge in [0.25, 0.3) is 0 Å². The Kier molecular flexibility index (Phi) is 3.22. The van der Waals surface area contributed by atoms with Gasteiger partial charge in [-0.2, -0.15) is 0 Å². The SMILES string of the molecule is CC1=C(Br)c2occ(C(=O)c3ccccc3)c2C(=O)C1=O. The van der Waals surface area contributed by atoms with Crippen LogP contribution in [0.5, 0.6) is 0 Å². The molecule has 3 rings (SSSR count). The van der Waals surface area contributed by atoms with E-state index < -0.39 is 11.6 Å². The number of furan rings is 1. The number of hydrogen-bond acceptors (Lipinski definition) is 4. The Balaban J connectivity index is 2.18. The van der Waals surface area contributed by atoms with Crippen molar-refractivity contribution in [2.24, 2.45) is 0 Å². The number of fused-ring (bicyclic) bond motifs is 1. The fourth-order valence-corrected chi connectivity index (χ4v) is 2.68. The van der Waals surface area contributed by atoms with E-state index >= 15 is 0 Å². The van der Waals surface area contributed by atoms with Crippen LogP contribution in [0.25, 0.3) is 4.48 Å². The van der Waals surface area contributed by atoms with Gasteiger partial charge in [-0.25, -0.2) is 0 Å². The Morgan fingerprint density at radius 2 is 1.76 bits per heavy atom. The van der Waals surface area contributed by atoms with Crippen molar-refractivity contribution in [3.05, 3.63) is 64.6 Å². The van der Waals surface area contributed by atoms with Gasteiger partial charge in [0.1, 0.15) is 6.26 Å². The lowest BCUT2D eigenvalue weighted by Gasteiger charge is -2.11. The molecule has 1 aromatic carbocycles. The normalized spacial score (nSPS) is 14.4. The highest BCUT2D eigenvalue weighted by Gasteiger charge is 2.36. The summed E-state index contributed by atoms with van der Waals surface area (Å²) in [5, 5.41) is 0. The van der Waals surface area contributed by atoms with Crippen LogP contribution in [0.1, 0.15) is 39.0 Å². The van der Waals surface area contributed by atoms with Crippen LogP contribution in [0.4, 0.5) is 0 Å². The maximum atomic E-state index is 12.5. The Morgan fingerprint density at radius 3 is 2.43 bits per heavy atom. The molecule has 21 heavy (non-hydrogen) atoms. The van der Waals surface area contributed by atoms with Crippen molar-refractivity contribution < 1.29 is 18.8 Å². The summed E-state index contributed by atoms with van der Waals surface area (Å²) in [4.78, 5) is 36.6. The van der Waals surface area contributed by atoms with E-state index in [1.807, 2.05) is 0 Å². The molecule has 0 unspecified atom stereocenters. The summed E-state index contributed by atoms with van der Waals surface area (Å²) >= 11 is 3.24. The minimum absolute atomic E-state index is 0.0336. The number of benzene rings is 1. The van der Waals surface area contributed by atoms with E-state index in [4.69, 9.17) is 4.42 Å². The van der Waals surface area contributed by atoms with Crippen molar-refractivity contribution in [2.75, 3.05) is 0 Å². The first-order valence-corrected chi connectivity index (χ1v) is 6.98.